The van der Waals surface area contributed by atoms with Gasteiger partial charge in [0.1, 0.15) is 11.4 Å². The molecule has 40 heavy (non-hydrogen) atoms. The molecule has 0 radical (unpaired) electrons. The third kappa shape index (κ3) is 6.29. The van der Waals surface area contributed by atoms with Crippen LogP contribution in [0, 0.1) is 0 Å². The van der Waals surface area contributed by atoms with Gasteiger partial charge in [-0.25, -0.2) is 17.4 Å². The fourth-order valence-electron chi connectivity index (χ4n) is 4.87. The van der Waals surface area contributed by atoms with E-state index in [-0.39, 0.29) is 16.2 Å². The zero-order chi connectivity index (χ0) is 27.8. The molecule has 0 aliphatic carbocycles. The molecule has 3 N–H and O–H groups in total. The van der Waals surface area contributed by atoms with Gasteiger partial charge in [-0.15, -0.1) is 0 Å². The van der Waals surface area contributed by atoms with Gasteiger partial charge in [-0.1, -0.05) is 30.3 Å². The van der Waals surface area contributed by atoms with Gasteiger partial charge < -0.3 is 20.7 Å². The Kier molecular flexibility index (Phi) is 8.98. The van der Waals surface area contributed by atoms with Gasteiger partial charge in [-0.3, -0.25) is 4.79 Å². The van der Waals surface area contributed by atoms with Crippen LogP contribution in [0.15, 0.2) is 77.8 Å². The molecule has 3 heterocycles. The predicted octanol–water partition coefficient (Wildman–Crippen LogP) is 4.20. The summed E-state index contributed by atoms with van der Waals surface area (Å²) >= 11 is 0. The molecule has 10 heteroatoms. The molecule has 2 aromatic heterocycles. The molecule has 9 nitrogen and oxygen atoms in total. The molecule has 0 bridgehead atoms. The van der Waals surface area contributed by atoms with E-state index in [1.807, 2.05) is 0 Å². The maximum Gasteiger partial charge on any atom is 0.270 e. The number of nitrogens with one attached hydrogen (secondary N) is 3. The van der Waals surface area contributed by atoms with E-state index in [4.69, 9.17) is 4.74 Å². The summed E-state index contributed by atoms with van der Waals surface area (Å²) in [5.41, 5.74) is 2.59. The largest absolute Gasteiger partial charge is 0.491 e. The van der Waals surface area contributed by atoms with Crippen molar-refractivity contribution in [3.8, 4) is 5.75 Å². The highest BCUT2D eigenvalue weighted by molar-refractivity contribution is 7.90. The van der Waals surface area contributed by atoms with E-state index in [9.17, 15) is 13.2 Å². The number of aryl methyl sites for hydroxylation is 1. The minimum Gasteiger partial charge on any atom is -0.491 e. The lowest BCUT2D eigenvalue weighted by Crippen LogP contribution is -2.29. The Morgan fingerprint density at radius 2 is 1.77 bits per heavy atom. The average molecular weight is 562 g/mol. The average Bonchev–Trinajstić information content (AvgIpc) is 3.21. The number of pyridine rings is 1. The number of fused-ring (bicyclic) bond motifs is 2. The number of unbranched alkanes of at least 4 members (excludes halogenated alkanes) is 1. The number of para-hydroxylation sites is 1. The van der Waals surface area contributed by atoms with Gasteiger partial charge in [0.05, 0.1) is 17.2 Å². The predicted molar refractivity (Wildman–Crippen MR) is 157 cm³/mol. The van der Waals surface area contributed by atoms with Crippen molar-refractivity contribution in [1.82, 2.24) is 19.6 Å². The van der Waals surface area contributed by atoms with Crippen LogP contribution in [0.1, 0.15) is 41.7 Å². The summed E-state index contributed by atoms with van der Waals surface area (Å²) in [7, 11) is -4.00. The normalized spacial score (nSPS) is 13.3. The van der Waals surface area contributed by atoms with Crippen molar-refractivity contribution in [3.63, 3.8) is 0 Å². The molecule has 0 saturated carbocycles. The number of amides is 1. The van der Waals surface area contributed by atoms with Crippen LogP contribution in [0.25, 0.3) is 11.0 Å². The molecule has 5 rings (SSSR count). The SMILES string of the molecule is O=C(NCCCCNCCNc1cccc2c1OCCCC2)c1cc2cccnc2n1S(=O)(=O)c1ccccc1. The summed E-state index contributed by atoms with van der Waals surface area (Å²) in [6.45, 7) is 3.61. The van der Waals surface area contributed by atoms with Gasteiger partial charge in [-0.2, -0.15) is 0 Å². The van der Waals surface area contributed by atoms with E-state index in [1.165, 1.54) is 23.9 Å². The van der Waals surface area contributed by atoms with Crippen LogP contribution in [0.2, 0.25) is 0 Å². The zero-order valence-corrected chi connectivity index (χ0v) is 23.3. The molecule has 0 spiro atoms. The first-order valence-electron chi connectivity index (χ1n) is 13.8. The molecule has 2 aromatic carbocycles. The second-order valence-electron chi connectivity index (χ2n) is 9.77. The van der Waals surface area contributed by atoms with E-state index in [0.29, 0.717) is 11.9 Å². The van der Waals surface area contributed by atoms with Crippen molar-refractivity contribution >= 4 is 32.7 Å². The topological polar surface area (TPSA) is 114 Å². The van der Waals surface area contributed by atoms with E-state index in [2.05, 4.69) is 39.1 Å². The monoisotopic (exact) mass is 561 g/mol. The van der Waals surface area contributed by atoms with E-state index in [1.54, 1.807) is 36.4 Å². The minimum atomic E-state index is -4.00. The van der Waals surface area contributed by atoms with Crippen LogP contribution in [-0.4, -0.2) is 56.1 Å². The maximum absolute atomic E-state index is 13.4. The van der Waals surface area contributed by atoms with Crippen molar-refractivity contribution in [1.29, 1.82) is 0 Å². The molecule has 1 aliphatic rings. The third-order valence-corrected chi connectivity index (χ3v) is 8.62. The number of benzene rings is 2. The Morgan fingerprint density at radius 3 is 2.65 bits per heavy atom. The molecule has 210 valence electrons. The van der Waals surface area contributed by atoms with Crippen LogP contribution in [0.4, 0.5) is 5.69 Å². The molecular weight excluding hydrogens is 526 g/mol. The Hall–Kier alpha value is -3.89. The Balaban J connectivity index is 1.09. The quantitative estimate of drug-likeness (QED) is 0.222. The smallest absolute Gasteiger partial charge is 0.270 e. The molecule has 1 aliphatic heterocycles. The standard InChI is InChI=1S/C30H35N5O4S/c36-30(27-22-24-12-9-18-33-29(24)35(27)40(37,38)25-13-2-1-3-14-25)34-17-6-5-16-31-19-20-32-26-15-8-11-23-10-4-7-21-39-28(23)26/h1-3,8-9,11-15,18,22,31-32H,4-7,10,16-17,19-21H2,(H,34,36). The minimum absolute atomic E-state index is 0.0459. The number of carbonyl (C=O) groups excluding carboxylic acids is 1. The molecule has 0 saturated heterocycles. The first-order valence-corrected chi connectivity index (χ1v) is 15.2. The number of carbonyl (C=O) groups is 1. The number of aromatic nitrogens is 2. The molecule has 1 amide bonds. The molecular formula is C30H35N5O4S. The van der Waals surface area contributed by atoms with Crippen molar-refractivity contribution in [2.24, 2.45) is 0 Å². The fraction of sp³-hybridized carbons (Fsp3) is 0.333. The van der Waals surface area contributed by atoms with E-state index < -0.39 is 15.9 Å². The number of anilines is 1. The first-order chi connectivity index (χ1) is 19.6. The van der Waals surface area contributed by atoms with Gasteiger partial charge in [-0.05, 0) is 80.6 Å². The van der Waals surface area contributed by atoms with E-state index in [0.717, 1.165) is 73.8 Å². The highest BCUT2D eigenvalue weighted by Crippen LogP contribution is 2.32. The number of hydrogen-bond donors (Lipinski definition) is 3. The summed E-state index contributed by atoms with van der Waals surface area (Å²) in [5, 5.41) is 10.4. The first kappa shape index (κ1) is 27.7. The fourth-order valence-corrected chi connectivity index (χ4v) is 6.36. The summed E-state index contributed by atoms with van der Waals surface area (Å²) in [6.07, 6.45) is 6.45. The lowest BCUT2D eigenvalue weighted by atomic mass is 10.1. The van der Waals surface area contributed by atoms with Crippen LogP contribution >= 0.6 is 0 Å². The Bertz CT molecular complexity index is 1550. The summed E-state index contributed by atoms with van der Waals surface area (Å²) in [4.78, 5) is 17.4. The Labute approximate surface area is 235 Å². The van der Waals surface area contributed by atoms with Crippen molar-refractivity contribution in [2.75, 3.05) is 38.1 Å². The zero-order valence-electron chi connectivity index (χ0n) is 22.4. The van der Waals surface area contributed by atoms with Crippen molar-refractivity contribution < 1.29 is 17.9 Å². The lowest BCUT2D eigenvalue weighted by Gasteiger charge is -2.15. The number of ether oxygens (including phenoxy) is 1. The van der Waals surface area contributed by atoms with Crippen LogP contribution < -0.4 is 20.7 Å². The molecule has 4 aromatic rings. The highest BCUT2D eigenvalue weighted by atomic mass is 32.2. The molecule has 0 atom stereocenters. The maximum atomic E-state index is 13.4. The number of nitrogens with zero attached hydrogens (tertiary/aromatic N) is 2. The summed E-state index contributed by atoms with van der Waals surface area (Å²) in [5.74, 6) is 0.543. The van der Waals surface area contributed by atoms with Gasteiger partial charge in [0.25, 0.3) is 15.9 Å². The second kappa shape index (κ2) is 13.0. The van der Waals surface area contributed by atoms with Crippen LogP contribution in [0.5, 0.6) is 5.75 Å². The summed E-state index contributed by atoms with van der Waals surface area (Å²) in [6, 6.07) is 19.4. The van der Waals surface area contributed by atoms with Gasteiger partial charge >= 0.3 is 0 Å². The van der Waals surface area contributed by atoms with Crippen LogP contribution in [0.3, 0.4) is 0 Å². The molecule has 0 fully saturated rings. The molecule has 0 unspecified atom stereocenters. The highest BCUT2D eigenvalue weighted by Gasteiger charge is 2.26. The Morgan fingerprint density at radius 1 is 0.925 bits per heavy atom. The number of rotatable bonds is 12. The van der Waals surface area contributed by atoms with Gasteiger partial charge in [0, 0.05) is 31.2 Å². The van der Waals surface area contributed by atoms with Gasteiger partial charge in [0.15, 0.2) is 5.65 Å². The van der Waals surface area contributed by atoms with E-state index >= 15 is 0 Å². The second-order valence-corrected chi connectivity index (χ2v) is 11.6. The summed E-state index contributed by atoms with van der Waals surface area (Å²) < 4.78 is 33.9. The van der Waals surface area contributed by atoms with Crippen molar-refractivity contribution in [3.05, 3.63) is 84.2 Å². The van der Waals surface area contributed by atoms with Crippen LogP contribution in [-0.2, 0) is 16.4 Å². The number of hydrogen-bond acceptors (Lipinski definition) is 7. The van der Waals surface area contributed by atoms with Crippen molar-refractivity contribution in [2.45, 2.75) is 37.0 Å². The lowest BCUT2D eigenvalue weighted by molar-refractivity contribution is 0.0947. The third-order valence-electron chi connectivity index (χ3n) is 6.90. The van der Waals surface area contributed by atoms with Gasteiger partial charge in [0.2, 0.25) is 0 Å².